The molecule has 0 saturated carbocycles. The number of allylic oxidation sites excluding steroid dienone is 8. The summed E-state index contributed by atoms with van der Waals surface area (Å²) < 4.78 is 16.9. The van der Waals surface area contributed by atoms with Gasteiger partial charge >= 0.3 is 17.9 Å². The Morgan fingerprint density at radius 1 is 0.309 bits per heavy atom. The number of esters is 3. The maximum Gasteiger partial charge on any atom is 0.306 e. The highest BCUT2D eigenvalue weighted by Crippen LogP contribution is 2.17. The molecule has 0 saturated heterocycles. The van der Waals surface area contributed by atoms with E-state index in [1.807, 2.05) is 0 Å². The molecule has 0 rings (SSSR count). The van der Waals surface area contributed by atoms with Gasteiger partial charge in [-0.3, -0.25) is 14.4 Å². The van der Waals surface area contributed by atoms with Gasteiger partial charge < -0.3 is 14.2 Å². The van der Waals surface area contributed by atoms with E-state index in [1.54, 1.807) is 0 Å². The van der Waals surface area contributed by atoms with Crippen LogP contribution in [-0.4, -0.2) is 37.2 Å². The lowest BCUT2D eigenvalue weighted by atomic mass is 10.0. The standard InChI is InChI=1S/C62H112O6/c1-4-7-10-13-16-19-22-25-28-30-32-34-37-40-43-46-49-52-55-61(64)67-58-59(57-66-60(63)54-51-48-45-42-39-36-33-27-24-21-18-15-12-9-6-3)68-62(65)56-53-50-47-44-41-38-35-31-29-26-23-20-17-14-11-8-5-2/h9,12,18,21,26-27,29,33,59H,4-8,10-11,13-17,19-20,22-25,28,30-32,34-58H2,1-3H3/b12-9-,21-18-,29-26-,33-27-/t59-/m1/s1. The first-order valence-electron chi connectivity index (χ1n) is 29.6. The fourth-order valence-electron chi connectivity index (χ4n) is 8.63. The van der Waals surface area contributed by atoms with E-state index < -0.39 is 6.10 Å². The minimum Gasteiger partial charge on any atom is -0.462 e. The lowest BCUT2D eigenvalue weighted by Gasteiger charge is -2.18. The highest BCUT2D eigenvalue weighted by atomic mass is 16.6. The lowest BCUT2D eigenvalue weighted by Crippen LogP contribution is -2.30. The van der Waals surface area contributed by atoms with Crippen molar-refractivity contribution in [3.05, 3.63) is 48.6 Å². The number of ether oxygens (including phenoxy) is 3. The van der Waals surface area contributed by atoms with Crippen molar-refractivity contribution in [1.29, 1.82) is 0 Å². The third kappa shape index (κ3) is 54.3. The second kappa shape index (κ2) is 57.0. The van der Waals surface area contributed by atoms with Crippen LogP contribution in [0.25, 0.3) is 0 Å². The van der Waals surface area contributed by atoms with Gasteiger partial charge in [0.2, 0.25) is 0 Å². The Hall–Kier alpha value is -2.63. The van der Waals surface area contributed by atoms with E-state index in [2.05, 4.69) is 69.4 Å². The van der Waals surface area contributed by atoms with Gasteiger partial charge in [-0.15, -0.1) is 0 Å². The SMILES string of the molecule is CC/C=C\C/C=C\C/C=C\CCCCCCCC(=O)OC[C@H](COC(=O)CCCCCCCCCCCCCCCCCCCC)OC(=O)CCCCCCCCC/C=C\CCCCCCCC. The second-order valence-corrected chi connectivity index (χ2v) is 19.9. The van der Waals surface area contributed by atoms with Gasteiger partial charge in [0.1, 0.15) is 13.2 Å². The van der Waals surface area contributed by atoms with Gasteiger partial charge in [0.15, 0.2) is 6.10 Å². The molecule has 0 amide bonds. The Balaban J connectivity index is 4.36. The van der Waals surface area contributed by atoms with Crippen molar-refractivity contribution in [2.24, 2.45) is 0 Å². The predicted octanol–water partition coefficient (Wildman–Crippen LogP) is 19.8. The molecule has 0 heterocycles. The van der Waals surface area contributed by atoms with Gasteiger partial charge in [0.25, 0.3) is 0 Å². The molecule has 0 N–H and O–H groups in total. The Morgan fingerprint density at radius 3 is 0.912 bits per heavy atom. The van der Waals surface area contributed by atoms with Crippen LogP contribution >= 0.6 is 0 Å². The lowest BCUT2D eigenvalue weighted by molar-refractivity contribution is -0.167. The normalized spacial score (nSPS) is 12.3. The maximum absolute atomic E-state index is 12.9. The van der Waals surface area contributed by atoms with E-state index in [1.165, 1.54) is 173 Å². The van der Waals surface area contributed by atoms with Crippen molar-refractivity contribution in [3.8, 4) is 0 Å². The molecule has 1 atom stereocenters. The van der Waals surface area contributed by atoms with Crippen LogP contribution in [-0.2, 0) is 28.6 Å². The molecule has 0 aliphatic rings. The van der Waals surface area contributed by atoms with Gasteiger partial charge in [-0.1, -0.05) is 262 Å². The van der Waals surface area contributed by atoms with E-state index in [4.69, 9.17) is 14.2 Å². The molecular weight excluding hydrogens is 841 g/mol. The summed E-state index contributed by atoms with van der Waals surface area (Å²) in [5, 5.41) is 0. The zero-order valence-electron chi connectivity index (χ0n) is 45.4. The number of carbonyl (C=O) groups is 3. The van der Waals surface area contributed by atoms with Gasteiger partial charge in [-0.25, -0.2) is 0 Å². The quantitative estimate of drug-likeness (QED) is 0.0262. The Kier molecular flexibility index (Phi) is 54.8. The van der Waals surface area contributed by atoms with Gasteiger partial charge in [-0.2, -0.15) is 0 Å². The van der Waals surface area contributed by atoms with Crippen molar-refractivity contribution in [1.82, 2.24) is 0 Å². The largest absolute Gasteiger partial charge is 0.462 e. The van der Waals surface area contributed by atoms with Crippen LogP contribution in [0.1, 0.15) is 310 Å². The number of unbranched alkanes of at least 4 members (excludes halogenated alkanes) is 35. The summed E-state index contributed by atoms with van der Waals surface area (Å²) in [7, 11) is 0. The molecule has 0 aliphatic carbocycles. The van der Waals surface area contributed by atoms with Gasteiger partial charge in [0, 0.05) is 19.3 Å². The van der Waals surface area contributed by atoms with Crippen molar-refractivity contribution in [2.75, 3.05) is 13.2 Å². The molecule has 68 heavy (non-hydrogen) atoms. The Labute approximate surface area is 422 Å². The number of hydrogen-bond donors (Lipinski definition) is 0. The fraction of sp³-hybridized carbons (Fsp3) is 0.823. The summed E-state index contributed by atoms with van der Waals surface area (Å²) in [6.45, 7) is 6.55. The Morgan fingerprint density at radius 2 is 0.574 bits per heavy atom. The summed E-state index contributed by atoms with van der Waals surface area (Å²) in [6.07, 6.45) is 69.6. The van der Waals surface area contributed by atoms with Crippen LogP contribution < -0.4 is 0 Å². The monoisotopic (exact) mass is 953 g/mol. The zero-order chi connectivity index (χ0) is 49.3. The first-order valence-corrected chi connectivity index (χ1v) is 29.6. The van der Waals surface area contributed by atoms with Gasteiger partial charge in [0.05, 0.1) is 0 Å². The average Bonchev–Trinajstić information content (AvgIpc) is 3.34. The summed E-state index contributed by atoms with van der Waals surface area (Å²) >= 11 is 0. The molecule has 0 aromatic carbocycles. The molecule has 0 radical (unpaired) electrons. The smallest absolute Gasteiger partial charge is 0.306 e. The fourth-order valence-corrected chi connectivity index (χ4v) is 8.63. The maximum atomic E-state index is 12.9. The van der Waals surface area contributed by atoms with Crippen molar-refractivity contribution >= 4 is 17.9 Å². The van der Waals surface area contributed by atoms with E-state index in [0.29, 0.717) is 19.3 Å². The van der Waals surface area contributed by atoms with Crippen molar-refractivity contribution < 1.29 is 28.6 Å². The first kappa shape index (κ1) is 65.4. The minimum absolute atomic E-state index is 0.0772. The molecular formula is C62H112O6. The van der Waals surface area contributed by atoms with E-state index in [-0.39, 0.29) is 31.1 Å². The summed E-state index contributed by atoms with van der Waals surface area (Å²) in [4.78, 5) is 38.2. The molecule has 0 unspecified atom stereocenters. The molecule has 396 valence electrons. The molecule has 0 aromatic heterocycles. The highest BCUT2D eigenvalue weighted by Gasteiger charge is 2.19. The van der Waals surface area contributed by atoms with E-state index >= 15 is 0 Å². The third-order valence-corrected chi connectivity index (χ3v) is 13.1. The van der Waals surface area contributed by atoms with Gasteiger partial charge in [-0.05, 0) is 77.0 Å². The first-order chi connectivity index (χ1) is 33.5. The molecule has 0 aliphatic heterocycles. The van der Waals surface area contributed by atoms with Crippen molar-refractivity contribution in [3.63, 3.8) is 0 Å². The van der Waals surface area contributed by atoms with Crippen LogP contribution in [0, 0.1) is 0 Å². The van der Waals surface area contributed by atoms with Crippen LogP contribution in [0.2, 0.25) is 0 Å². The molecule has 0 bridgehead atoms. The topological polar surface area (TPSA) is 78.9 Å². The number of rotatable bonds is 54. The van der Waals surface area contributed by atoms with E-state index in [9.17, 15) is 14.4 Å². The summed E-state index contributed by atoms with van der Waals surface area (Å²) in [5.41, 5.74) is 0. The molecule has 6 nitrogen and oxygen atoms in total. The van der Waals surface area contributed by atoms with E-state index in [0.717, 1.165) is 96.3 Å². The minimum atomic E-state index is -0.781. The summed E-state index contributed by atoms with van der Waals surface area (Å²) in [5.74, 6) is -0.883. The molecule has 0 aromatic rings. The van der Waals surface area contributed by atoms with Crippen LogP contribution in [0.5, 0.6) is 0 Å². The third-order valence-electron chi connectivity index (χ3n) is 13.1. The second-order valence-electron chi connectivity index (χ2n) is 19.9. The predicted molar refractivity (Wildman–Crippen MR) is 293 cm³/mol. The molecule has 0 spiro atoms. The van der Waals surface area contributed by atoms with Crippen LogP contribution in [0.4, 0.5) is 0 Å². The van der Waals surface area contributed by atoms with Crippen molar-refractivity contribution in [2.45, 2.75) is 316 Å². The Bertz CT molecular complexity index is 1190. The zero-order valence-corrected chi connectivity index (χ0v) is 45.4. The van der Waals surface area contributed by atoms with Crippen LogP contribution in [0.15, 0.2) is 48.6 Å². The number of hydrogen-bond acceptors (Lipinski definition) is 6. The number of carbonyl (C=O) groups excluding carboxylic acids is 3. The van der Waals surface area contributed by atoms with Crippen LogP contribution in [0.3, 0.4) is 0 Å². The highest BCUT2D eigenvalue weighted by molar-refractivity contribution is 5.71. The average molecular weight is 954 g/mol. The molecule has 0 fully saturated rings. The summed E-state index contributed by atoms with van der Waals surface area (Å²) in [6, 6.07) is 0. The molecule has 6 heteroatoms.